The van der Waals surface area contributed by atoms with E-state index >= 15 is 0 Å². The number of fused-ring (bicyclic) bond motifs is 1. The largest absolute Gasteiger partial charge is 0.329 e. The van der Waals surface area contributed by atoms with Crippen molar-refractivity contribution in [2.45, 2.75) is 33.7 Å². The van der Waals surface area contributed by atoms with Crippen molar-refractivity contribution in [1.82, 2.24) is 9.55 Å². The van der Waals surface area contributed by atoms with Gasteiger partial charge in [0.05, 0.1) is 6.54 Å². The van der Waals surface area contributed by atoms with E-state index in [4.69, 9.17) is 0 Å². The second kappa shape index (κ2) is 8.19. The highest BCUT2D eigenvalue weighted by molar-refractivity contribution is 6.09. The molecule has 0 aliphatic carbocycles. The van der Waals surface area contributed by atoms with Gasteiger partial charge in [0.25, 0.3) is 5.56 Å². The van der Waals surface area contributed by atoms with Gasteiger partial charge >= 0.3 is 5.69 Å². The Morgan fingerprint density at radius 2 is 1.58 bits per heavy atom. The lowest BCUT2D eigenvalue weighted by Crippen LogP contribution is -2.37. The molecule has 156 valence electrons. The maximum Gasteiger partial charge on any atom is 0.329 e. The predicted molar refractivity (Wildman–Crippen MR) is 123 cm³/mol. The molecule has 4 rings (SSSR count). The SMILES string of the molecule is CCc1c(C(=O)c2cc(C)cc(C)c2)n(Cc2ccc3ccccc3c2)c(=O)[nH]c1=O. The highest BCUT2D eigenvalue weighted by Crippen LogP contribution is 2.19. The lowest BCUT2D eigenvalue weighted by atomic mass is 9.99. The molecule has 3 aromatic carbocycles. The molecule has 0 radical (unpaired) electrons. The molecule has 0 fully saturated rings. The van der Waals surface area contributed by atoms with Crippen LogP contribution in [0.4, 0.5) is 0 Å². The van der Waals surface area contributed by atoms with Gasteiger partial charge in [-0.05, 0) is 54.8 Å². The number of ketones is 1. The van der Waals surface area contributed by atoms with E-state index in [2.05, 4.69) is 4.98 Å². The van der Waals surface area contributed by atoms with Crippen LogP contribution in [0.3, 0.4) is 0 Å². The first-order valence-corrected chi connectivity index (χ1v) is 10.3. The molecule has 0 spiro atoms. The molecule has 5 heteroatoms. The molecule has 1 aromatic heterocycles. The molecule has 1 heterocycles. The summed E-state index contributed by atoms with van der Waals surface area (Å²) >= 11 is 0. The average molecular weight is 412 g/mol. The van der Waals surface area contributed by atoms with Gasteiger partial charge in [0.1, 0.15) is 5.69 Å². The quantitative estimate of drug-likeness (QED) is 0.501. The lowest BCUT2D eigenvalue weighted by Gasteiger charge is -2.16. The van der Waals surface area contributed by atoms with E-state index in [1.165, 1.54) is 4.57 Å². The first kappa shape index (κ1) is 20.5. The summed E-state index contributed by atoms with van der Waals surface area (Å²) in [7, 11) is 0. The third-order valence-electron chi connectivity index (χ3n) is 5.50. The zero-order chi connectivity index (χ0) is 22.1. The van der Waals surface area contributed by atoms with Crippen LogP contribution < -0.4 is 11.2 Å². The molecule has 5 nitrogen and oxygen atoms in total. The summed E-state index contributed by atoms with van der Waals surface area (Å²) in [6.07, 6.45) is 0.346. The Kier molecular flexibility index (Phi) is 5.42. The van der Waals surface area contributed by atoms with Crippen molar-refractivity contribution >= 4 is 16.6 Å². The average Bonchev–Trinajstić information content (AvgIpc) is 2.74. The minimum absolute atomic E-state index is 0.161. The number of nitrogens with one attached hydrogen (secondary N) is 1. The van der Waals surface area contributed by atoms with Gasteiger partial charge in [0.15, 0.2) is 0 Å². The standard InChI is InChI=1S/C26H24N2O3/c1-4-22-23(24(29)21-12-16(2)11-17(3)13-21)28(26(31)27-25(22)30)15-18-9-10-19-7-5-6-8-20(19)14-18/h5-14H,4,15H2,1-3H3,(H,27,30,31). The van der Waals surface area contributed by atoms with E-state index in [9.17, 15) is 14.4 Å². The number of aryl methyl sites for hydroxylation is 2. The number of H-pyrrole nitrogens is 1. The Morgan fingerprint density at radius 3 is 2.26 bits per heavy atom. The van der Waals surface area contributed by atoms with Gasteiger partial charge in [0.2, 0.25) is 5.78 Å². The van der Waals surface area contributed by atoms with E-state index in [1.54, 1.807) is 12.1 Å². The maximum atomic E-state index is 13.5. The van der Waals surface area contributed by atoms with Crippen LogP contribution in [0, 0.1) is 13.8 Å². The number of carbonyl (C=O) groups excluding carboxylic acids is 1. The Balaban J connectivity index is 1.90. The van der Waals surface area contributed by atoms with Crippen molar-refractivity contribution in [2.75, 3.05) is 0 Å². The molecule has 0 unspecified atom stereocenters. The number of nitrogens with zero attached hydrogens (tertiary/aromatic N) is 1. The number of rotatable bonds is 5. The zero-order valence-electron chi connectivity index (χ0n) is 17.9. The lowest BCUT2D eigenvalue weighted by molar-refractivity contribution is 0.102. The van der Waals surface area contributed by atoms with Crippen LogP contribution in [0.5, 0.6) is 0 Å². The predicted octanol–water partition coefficient (Wildman–Crippen LogP) is 4.15. The maximum absolute atomic E-state index is 13.5. The van der Waals surface area contributed by atoms with E-state index in [0.717, 1.165) is 27.5 Å². The summed E-state index contributed by atoms with van der Waals surface area (Å²) in [5, 5.41) is 2.15. The van der Waals surface area contributed by atoms with Crippen molar-refractivity contribution < 1.29 is 4.79 Å². The molecule has 0 saturated heterocycles. The van der Waals surface area contributed by atoms with Gasteiger partial charge in [-0.3, -0.25) is 19.1 Å². The molecular weight excluding hydrogens is 388 g/mol. The van der Waals surface area contributed by atoms with Crippen LogP contribution in [0.2, 0.25) is 0 Å². The van der Waals surface area contributed by atoms with E-state index in [1.807, 2.05) is 69.3 Å². The van der Waals surface area contributed by atoms with E-state index in [-0.39, 0.29) is 18.0 Å². The van der Waals surface area contributed by atoms with Crippen LogP contribution in [0.15, 0.2) is 70.3 Å². The Bertz CT molecular complexity index is 1410. The molecular formula is C26H24N2O3. The summed E-state index contributed by atoms with van der Waals surface area (Å²) in [6.45, 7) is 5.85. The second-order valence-corrected chi connectivity index (χ2v) is 7.91. The Hall–Kier alpha value is -3.73. The molecule has 0 amide bonds. The molecule has 0 aliphatic rings. The molecule has 4 aromatic rings. The molecule has 0 saturated carbocycles. The summed E-state index contributed by atoms with van der Waals surface area (Å²) in [4.78, 5) is 41.3. The monoisotopic (exact) mass is 412 g/mol. The number of hydrogen-bond donors (Lipinski definition) is 1. The van der Waals surface area contributed by atoms with Gasteiger partial charge in [-0.25, -0.2) is 4.79 Å². The summed E-state index contributed by atoms with van der Waals surface area (Å²) in [5.74, 6) is -0.312. The first-order chi connectivity index (χ1) is 14.9. The minimum atomic E-state index is -0.580. The molecule has 0 atom stereocenters. The fraction of sp³-hybridized carbons (Fsp3) is 0.192. The highest BCUT2D eigenvalue weighted by atomic mass is 16.2. The normalized spacial score (nSPS) is 11.1. The van der Waals surface area contributed by atoms with E-state index < -0.39 is 11.2 Å². The minimum Gasteiger partial charge on any atom is -0.287 e. The molecule has 0 aliphatic heterocycles. The fourth-order valence-corrected chi connectivity index (χ4v) is 4.11. The summed E-state index contributed by atoms with van der Waals surface area (Å²) < 4.78 is 1.39. The smallest absolute Gasteiger partial charge is 0.287 e. The van der Waals surface area contributed by atoms with Crippen molar-refractivity contribution in [3.8, 4) is 0 Å². The third-order valence-corrected chi connectivity index (χ3v) is 5.50. The van der Waals surface area contributed by atoms with Gasteiger partial charge in [-0.15, -0.1) is 0 Å². The van der Waals surface area contributed by atoms with Crippen LogP contribution in [0.1, 0.15) is 45.2 Å². The number of benzene rings is 3. The van der Waals surface area contributed by atoms with Gasteiger partial charge in [0, 0.05) is 11.1 Å². The third kappa shape index (κ3) is 3.99. The van der Waals surface area contributed by atoms with Crippen LogP contribution in [0.25, 0.3) is 10.8 Å². The van der Waals surface area contributed by atoms with Crippen molar-refractivity contribution in [3.63, 3.8) is 0 Å². The first-order valence-electron chi connectivity index (χ1n) is 10.3. The van der Waals surface area contributed by atoms with Crippen molar-refractivity contribution in [1.29, 1.82) is 0 Å². The Morgan fingerprint density at radius 1 is 0.903 bits per heavy atom. The van der Waals surface area contributed by atoms with Crippen LogP contribution >= 0.6 is 0 Å². The number of aromatic amines is 1. The van der Waals surface area contributed by atoms with Gasteiger partial charge in [-0.1, -0.05) is 60.5 Å². The molecule has 0 bridgehead atoms. The fourth-order valence-electron chi connectivity index (χ4n) is 4.11. The highest BCUT2D eigenvalue weighted by Gasteiger charge is 2.22. The van der Waals surface area contributed by atoms with Crippen molar-refractivity contribution in [2.24, 2.45) is 0 Å². The number of hydrogen-bond acceptors (Lipinski definition) is 3. The van der Waals surface area contributed by atoms with Gasteiger partial charge in [-0.2, -0.15) is 0 Å². The topological polar surface area (TPSA) is 71.9 Å². The summed E-state index contributed by atoms with van der Waals surface area (Å²) in [5.41, 5.74) is 2.66. The van der Waals surface area contributed by atoms with Crippen LogP contribution in [-0.4, -0.2) is 15.3 Å². The number of aromatic nitrogens is 2. The zero-order valence-corrected chi connectivity index (χ0v) is 17.9. The van der Waals surface area contributed by atoms with Gasteiger partial charge < -0.3 is 0 Å². The van der Waals surface area contributed by atoms with Crippen LogP contribution in [-0.2, 0) is 13.0 Å². The van der Waals surface area contributed by atoms with Crippen molar-refractivity contribution in [3.05, 3.63) is 115 Å². The Labute approximate surface area is 180 Å². The van der Waals surface area contributed by atoms with E-state index in [0.29, 0.717) is 17.5 Å². The second-order valence-electron chi connectivity index (χ2n) is 7.91. The molecule has 31 heavy (non-hydrogen) atoms. The molecule has 1 N–H and O–H groups in total. The summed E-state index contributed by atoms with van der Waals surface area (Å²) in [6, 6.07) is 19.5. The number of carbonyl (C=O) groups is 1.